The minimum Gasteiger partial charge on any atom is -0.338 e. The molecule has 190 valence electrons. The number of carbonyl (C=O) groups is 1. The summed E-state index contributed by atoms with van der Waals surface area (Å²) in [6, 6.07) is 12.8. The van der Waals surface area contributed by atoms with Crippen molar-refractivity contribution in [1.82, 2.24) is 24.8 Å². The van der Waals surface area contributed by atoms with Crippen molar-refractivity contribution in [3.05, 3.63) is 60.0 Å². The van der Waals surface area contributed by atoms with E-state index in [2.05, 4.69) is 44.4 Å². The van der Waals surface area contributed by atoms with Gasteiger partial charge in [0, 0.05) is 50.0 Å². The van der Waals surface area contributed by atoms with Crippen LogP contribution in [0.25, 0.3) is 0 Å². The number of unbranched alkanes of at least 4 members (excludes halogenated alkanes) is 4. The molecule has 1 saturated heterocycles. The Labute approximate surface area is 213 Å². The molecule has 4 rings (SSSR count). The minimum absolute atomic E-state index is 0.201. The number of hydrogen-bond acceptors (Lipinski definition) is 8. The first kappa shape index (κ1) is 25.5. The molecular formula is C27H36N8O. The summed E-state index contributed by atoms with van der Waals surface area (Å²) in [6.45, 7) is 5.93. The van der Waals surface area contributed by atoms with Gasteiger partial charge in [-0.1, -0.05) is 50.8 Å². The molecule has 1 aliphatic heterocycles. The number of para-hydroxylation sites is 1. The third kappa shape index (κ3) is 7.45. The maximum atomic E-state index is 12.7. The lowest BCUT2D eigenvalue weighted by atomic mass is 10.1. The Morgan fingerprint density at radius 1 is 0.944 bits per heavy atom. The lowest BCUT2D eigenvalue weighted by Crippen LogP contribution is -2.45. The fourth-order valence-electron chi connectivity index (χ4n) is 4.09. The molecular weight excluding hydrogens is 452 g/mol. The molecule has 0 saturated carbocycles. The summed E-state index contributed by atoms with van der Waals surface area (Å²) < 4.78 is 0. The van der Waals surface area contributed by atoms with Crippen molar-refractivity contribution in [2.24, 2.45) is 0 Å². The molecule has 0 radical (unpaired) electrons. The normalized spacial score (nSPS) is 14.0. The van der Waals surface area contributed by atoms with Gasteiger partial charge in [-0.3, -0.25) is 4.79 Å². The highest BCUT2D eigenvalue weighted by Crippen LogP contribution is 2.19. The number of pyridine rings is 1. The van der Waals surface area contributed by atoms with Gasteiger partial charge in [-0.05, 0) is 37.7 Å². The number of piperazine rings is 1. The Morgan fingerprint density at radius 3 is 2.50 bits per heavy atom. The van der Waals surface area contributed by atoms with Gasteiger partial charge < -0.3 is 20.4 Å². The molecule has 0 atom stereocenters. The Balaban J connectivity index is 1.49. The Kier molecular flexibility index (Phi) is 9.15. The van der Waals surface area contributed by atoms with E-state index >= 15 is 0 Å². The van der Waals surface area contributed by atoms with E-state index in [1.54, 1.807) is 18.3 Å². The molecule has 0 bridgehead atoms. The number of nitrogens with one attached hydrogen (secondary N) is 2. The number of nitrogens with zero attached hydrogens (tertiary/aromatic N) is 6. The first-order valence-corrected chi connectivity index (χ1v) is 12.9. The van der Waals surface area contributed by atoms with Crippen molar-refractivity contribution in [1.29, 1.82) is 0 Å². The highest BCUT2D eigenvalue weighted by Gasteiger charge is 2.19. The highest BCUT2D eigenvalue weighted by molar-refractivity contribution is 6.04. The van der Waals surface area contributed by atoms with Crippen LogP contribution in [0.1, 0.15) is 55.2 Å². The summed E-state index contributed by atoms with van der Waals surface area (Å²) in [5.41, 5.74) is 1.24. The molecule has 0 unspecified atom stereocenters. The number of hydrogen-bond donors (Lipinski definition) is 2. The van der Waals surface area contributed by atoms with E-state index in [4.69, 9.17) is 9.97 Å². The van der Waals surface area contributed by atoms with E-state index in [9.17, 15) is 4.79 Å². The smallest absolute Gasteiger partial charge is 0.255 e. The van der Waals surface area contributed by atoms with Crippen LogP contribution in [-0.2, 0) is 6.42 Å². The van der Waals surface area contributed by atoms with Gasteiger partial charge in [0.2, 0.25) is 11.9 Å². The van der Waals surface area contributed by atoms with E-state index in [1.807, 2.05) is 30.3 Å². The average molecular weight is 489 g/mol. The molecule has 1 fully saturated rings. The van der Waals surface area contributed by atoms with Crippen LogP contribution in [0.4, 0.5) is 23.4 Å². The molecule has 2 aromatic heterocycles. The maximum absolute atomic E-state index is 12.7. The molecule has 9 heteroatoms. The molecule has 9 nitrogen and oxygen atoms in total. The lowest BCUT2D eigenvalue weighted by molar-refractivity contribution is 0.102. The topological polar surface area (TPSA) is 99.2 Å². The summed E-state index contributed by atoms with van der Waals surface area (Å²) in [6.07, 6.45) is 8.37. The van der Waals surface area contributed by atoms with Crippen molar-refractivity contribution in [3.63, 3.8) is 0 Å². The first-order valence-electron chi connectivity index (χ1n) is 12.9. The molecule has 0 spiro atoms. The number of anilines is 4. The zero-order valence-corrected chi connectivity index (χ0v) is 21.3. The Morgan fingerprint density at radius 2 is 1.72 bits per heavy atom. The molecule has 2 N–H and O–H groups in total. The molecule has 36 heavy (non-hydrogen) atoms. The van der Waals surface area contributed by atoms with Crippen LogP contribution < -0.4 is 15.5 Å². The summed E-state index contributed by atoms with van der Waals surface area (Å²) >= 11 is 0. The van der Waals surface area contributed by atoms with Crippen molar-refractivity contribution in [2.45, 2.75) is 45.4 Å². The number of likely N-dealkylation sites (N-methyl/N-ethyl adjacent to an activating group) is 1. The molecule has 1 amide bonds. The fourth-order valence-corrected chi connectivity index (χ4v) is 4.09. The van der Waals surface area contributed by atoms with Gasteiger partial charge in [0.15, 0.2) is 0 Å². The number of benzene rings is 1. The van der Waals surface area contributed by atoms with Gasteiger partial charge in [-0.2, -0.15) is 15.0 Å². The standard InChI is InChI=1S/C27H36N8O/c1-3-4-5-6-10-13-23-30-26(33-27(32-23)35-18-16-34(2)17-19-35)31-24-20-21(14-15-28-24)25(36)29-22-11-8-7-9-12-22/h7-9,11-12,14-15,20H,3-6,10,13,16-19H2,1-2H3,(H,29,36)(H,28,30,31,32,33). The molecule has 3 aromatic rings. The first-order chi connectivity index (χ1) is 17.6. The van der Waals surface area contributed by atoms with Gasteiger partial charge in [-0.15, -0.1) is 0 Å². The summed E-state index contributed by atoms with van der Waals surface area (Å²) in [5, 5.41) is 6.12. The second kappa shape index (κ2) is 12.9. The number of amides is 1. The molecule has 0 aliphatic carbocycles. The second-order valence-corrected chi connectivity index (χ2v) is 9.20. The maximum Gasteiger partial charge on any atom is 0.255 e. The Hall–Kier alpha value is -3.59. The van der Waals surface area contributed by atoms with Gasteiger partial charge >= 0.3 is 0 Å². The van der Waals surface area contributed by atoms with Crippen LogP contribution in [0.2, 0.25) is 0 Å². The monoisotopic (exact) mass is 488 g/mol. The number of aromatic nitrogens is 4. The lowest BCUT2D eigenvalue weighted by Gasteiger charge is -2.32. The van der Waals surface area contributed by atoms with Crippen LogP contribution >= 0.6 is 0 Å². The van der Waals surface area contributed by atoms with E-state index in [0.29, 0.717) is 23.3 Å². The van der Waals surface area contributed by atoms with Gasteiger partial charge in [0.25, 0.3) is 5.91 Å². The molecule has 1 aromatic carbocycles. The van der Waals surface area contributed by atoms with Crippen LogP contribution in [0.3, 0.4) is 0 Å². The van der Waals surface area contributed by atoms with Gasteiger partial charge in [0.05, 0.1) is 0 Å². The predicted octanol–water partition coefficient (Wildman–Crippen LogP) is 4.53. The van der Waals surface area contributed by atoms with E-state index in [-0.39, 0.29) is 5.91 Å². The van der Waals surface area contributed by atoms with Crippen molar-refractivity contribution >= 4 is 29.3 Å². The number of rotatable bonds is 11. The fraction of sp³-hybridized carbons (Fsp3) is 0.444. The van der Waals surface area contributed by atoms with Crippen molar-refractivity contribution in [3.8, 4) is 0 Å². The quantitative estimate of drug-likeness (QED) is 0.380. The highest BCUT2D eigenvalue weighted by atomic mass is 16.1. The third-order valence-corrected chi connectivity index (χ3v) is 6.25. The largest absolute Gasteiger partial charge is 0.338 e. The minimum atomic E-state index is -0.201. The molecule has 1 aliphatic rings. The van der Waals surface area contributed by atoms with E-state index in [1.165, 1.54) is 25.7 Å². The summed E-state index contributed by atoms with van der Waals surface area (Å²) in [4.78, 5) is 35.8. The number of aryl methyl sites for hydroxylation is 1. The van der Waals surface area contributed by atoms with E-state index in [0.717, 1.165) is 50.5 Å². The predicted molar refractivity (Wildman–Crippen MR) is 144 cm³/mol. The molecule has 3 heterocycles. The van der Waals surface area contributed by atoms with Crippen molar-refractivity contribution in [2.75, 3.05) is 48.8 Å². The van der Waals surface area contributed by atoms with Crippen molar-refractivity contribution < 1.29 is 4.79 Å². The van der Waals surface area contributed by atoms with Gasteiger partial charge in [0.1, 0.15) is 11.6 Å². The summed E-state index contributed by atoms with van der Waals surface area (Å²) in [5.74, 6) is 2.25. The summed E-state index contributed by atoms with van der Waals surface area (Å²) in [7, 11) is 2.13. The third-order valence-electron chi connectivity index (χ3n) is 6.25. The Bertz CT molecular complexity index is 1120. The van der Waals surface area contributed by atoms with Crippen LogP contribution in [0.5, 0.6) is 0 Å². The number of carbonyl (C=O) groups excluding carboxylic acids is 1. The second-order valence-electron chi connectivity index (χ2n) is 9.20. The SMILES string of the molecule is CCCCCCCc1nc(Nc2cc(C(=O)Nc3ccccc3)ccn2)nc(N2CCN(C)CC2)n1. The zero-order valence-electron chi connectivity index (χ0n) is 21.3. The van der Waals surface area contributed by atoms with Crippen LogP contribution in [-0.4, -0.2) is 64.0 Å². The van der Waals surface area contributed by atoms with Crippen LogP contribution in [0.15, 0.2) is 48.7 Å². The zero-order chi connectivity index (χ0) is 25.2. The average Bonchev–Trinajstić information content (AvgIpc) is 2.89. The van der Waals surface area contributed by atoms with Crippen LogP contribution in [0, 0.1) is 0 Å². The van der Waals surface area contributed by atoms with E-state index < -0.39 is 0 Å². The van der Waals surface area contributed by atoms with Gasteiger partial charge in [-0.25, -0.2) is 4.98 Å².